The van der Waals surface area contributed by atoms with Crippen LogP contribution in [0.3, 0.4) is 0 Å². The Bertz CT molecular complexity index is 483. The van der Waals surface area contributed by atoms with Crippen LogP contribution in [-0.4, -0.2) is 15.3 Å². The van der Waals surface area contributed by atoms with E-state index in [1.54, 1.807) is 0 Å². The number of hydrogen-bond acceptors (Lipinski definition) is 2. The topological polar surface area (TPSA) is 35.1 Å². The molecule has 0 radical (unpaired) electrons. The molecule has 0 aromatic heterocycles. The molecule has 0 spiro atoms. The Morgan fingerprint density at radius 3 is 2.23 bits per heavy atom. The van der Waals surface area contributed by atoms with E-state index >= 15 is 0 Å². The number of hydrogen-bond donors (Lipinski definition) is 1. The van der Waals surface area contributed by atoms with Crippen LogP contribution in [-0.2, 0) is 11.4 Å². The first kappa shape index (κ1) is 19.3. The summed E-state index contributed by atoms with van der Waals surface area (Å²) in [6, 6.07) is 8.83. The van der Waals surface area contributed by atoms with E-state index in [1.165, 1.54) is 16.7 Å². The zero-order chi connectivity index (χ0) is 16.9. The minimum Gasteiger partial charge on any atom is -0.598 e. The van der Waals surface area contributed by atoms with E-state index in [1.807, 2.05) is 20.8 Å². The van der Waals surface area contributed by atoms with E-state index < -0.39 is 11.4 Å². The van der Waals surface area contributed by atoms with Crippen LogP contribution in [0.5, 0.6) is 0 Å². The molecule has 0 amide bonds. The molecule has 22 heavy (non-hydrogen) atoms. The zero-order valence-electron chi connectivity index (χ0n) is 15.1. The molecule has 3 heteroatoms. The minimum atomic E-state index is -1.05. The Labute approximate surface area is 139 Å². The van der Waals surface area contributed by atoms with E-state index in [0.29, 0.717) is 5.92 Å². The van der Waals surface area contributed by atoms with Gasteiger partial charge in [0, 0.05) is 11.4 Å². The van der Waals surface area contributed by atoms with Gasteiger partial charge in [-0.15, -0.1) is 4.72 Å². The van der Waals surface area contributed by atoms with E-state index in [0.717, 1.165) is 6.42 Å². The molecule has 0 aliphatic carbocycles. The summed E-state index contributed by atoms with van der Waals surface area (Å²) in [6.07, 6.45) is 3.13. The maximum absolute atomic E-state index is 12.4. The van der Waals surface area contributed by atoms with Gasteiger partial charge in [0.1, 0.15) is 4.75 Å². The van der Waals surface area contributed by atoms with Crippen molar-refractivity contribution in [3.8, 4) is 0 Å². The summed E-state index contributed by atoms with van der Waals surface area (Å²) in [6.45, 7) is 14.5. The van der Waals surface area contributed by atoms with Gasteiger partial charge in [-0.1, -0.05) is 48.4 Å². The van der Waals surface area contributed by atoms with Gasteiger partial charge in [0.25, 0.3) is 0 Å². The van der Waals surface area contributed by atoms with Gasteiger partial charge < -0.3 is 4.55 Å². The van der Waals surface area contributed by atoms with Gasteiger partial charge >= 0.3 is 0 Å². The van der Waals surface area contributed by atoms with Gasteiger partial charge in [0.05, 0.1) is 6.04 Å². The van der Waals surface area contributed by atoms with Crippen LogP contribution in [0.2, 0.25) is 0 Å². The van der Waals surface area contributed by atoms with Crippen molar-refractivity contribution in [2.45, 2.75) is 71.6 Å². The number of rotatable bonds is 6. The molecule has 124 valence electrons. The molecule has 0 saturated carbocycles. The monoisotopic (exact) mass is 321 g/mol. The maximum atomic E-state index is 12.4. The van der Waals surface area contributed by atoms with Gasteiger partial charge in [-0.25, -0.2) is 0 Å². The van der Waals surface area contributed by atoms with E-state index in [2.05, 4.69) is 62.8 Å². The molecule has 0 heterocycles. The van der Waals surface area contributed by atoms with Crippen LogP contribution in [0.4, 0.5) is 0 Å². The van der Waals surface area contributed by atoms with Crippen molar-refractivity contribution >= 4 is 11.4 Å². The van der Waals surface area contributed by atoms with Crippen molar-refractivity contribution < 1.29 is 4.55 Å². The Hall–Kier alpha value is -0.770. The lowest BCUT2D eigenvalue weighted by molar-refractivity contribution is 0.516. The van der Waals surface area contributed by atoms with Gasteiger partial charge in [-0.05, 0) is 59.4 Å². The van der Waals surface area contributed by atoms with Crippen LogP contribution < -0.4 is 4.72 Å². The molecule has 0 bridgehead atoms. The van der Waals surface area contributed by atoms with Crippen LogP contribution >= 0.6 is 0 Å². The lowest BCUT2D eigenvalue weighted by atomic mass is 9.93. The summed E-state index contributed by atoms with van der Waals surface area (Å²) < 4.78 is 15.4. The van der Waals surface area contributed by atoms with Crippen molar-refractivity contribution in [3.63, 3.8) is 0 Å². The largest absolute Gasteiger partial charge is 0.598 e. The van der Waals surface area contributed by atoms with Crippen molar-refractivity contribution in [3.05, 3.63) is 47.0 Å². The van der Waals surface area contributed by atoms with E-state index in [-0.39, 0.29) is 10.8 Å². The second kappa shape index (κ2) is 8.19. The fraction of sp³-hybridized carbons (Fsp3) is 0.579. The van der Waals surface area contributed by atoms with Crippen LogP contribution in [0.15, 0.2) is 35.9 Å². The van der Waals surface area contributed by atoms with Gasteiger partial charge in [0.2, 0.25) is 0 Å². The summed E-state index contributed by atoms with van der Waals surface area (Å²) in [5.41, 5.74) is 3.87. The summed E-state index contributed by atoms with van der Waals surface area (Å²) in [7, 11) is 0. The number of nitrogens with one attached hydrogen (secondary N) is 1. The highest BCUT2D eigenvalue weighted by Gasteiger charge is 2.29. The first-order valence-electron chi connectivity index (χ1n) is 7.99. The fourth-order valence-corrected chi connectivity index (χ4v) is 3.07. The number of allylic oxidation sites excluding steroid dienone is 1. The third-order valence-corrected chi connectivity index (χ3v) is 5.23. The molecule has 3 atom stereocenters. The van der Waals surface area contributed by atoms with Gasteiger partial charge in [0.15, 0.2) is 0 Å². The third kappa shape index (κ3) is 6.55. The lowest BCUT2D eigenvalue weighted by Gasteiger charge is -2.28. The predicted molar refractivity (Wildman–Crippen MR) is 98.5 cm³/mol. The van der Waals surface area contributed by atoms with Crippen molar-refractivity contribution in [1.29, 1.82) is 0 Å². The summed E-state index contributed by atoms with van der Waals surface area (Å²) in [4.78, 5) is 0. The van der Waals surface area contributed by atoms with Crippen LogP contribution in [0.1, 0.15) is 65.0 Å². The van der Waals surface area contributed by atoms with Crippen LogP contribution in [0.25, 0.3) is 0 Å². The standard InChI is InChI=1S/C19H31NOS/c1-14(2)12-18(20-22(21)19(5,6)7)13-16(4)17-10-8-15(3)9-11-17/h8-12,16,18,20H,13H2,1-7H3/t16-,18-,22-/m0/s1. The maximum Gasteiger partial charge on any atom is 0.136 e. The van der Waals surface area contributed by atoms with E-state index in [9.17, 15) is 4.55 Å². The van der Waals surface area contributed by atoms with Crippen molar-refractivity contribution in [1.82, 2.24) is 4.72 Å². The molecule has 0 unspecified atom stereocenters. The van der Waals surface area contributed by atoms with Gasteiger partial charge in [-0.3, -0.25) is 0 Å². The summed E-state index contributed by atoms with van der Waals surface area (Å²) in [5, 5.41) is 0. The first-order chi connectivity index (χ1) is 10.1. The first-order valence-corrected chi connectivity index (χ1v) is 9.14. The summed E-state index contributed by atoms with van der Waals surface area (Å²) >= 11 is -1.05. The average molecular weight is 322 g/mol. The smallest absolute Gasteiger partial charge is 0.136 e. The third-order valence-electron chi connectivity index (χ3n) is 3.60. The Morgan fingerprint density at radius 2 is 1.77 bits per heavy atom. The van der Waals surface area contributed by atoms with Crippen molar-refractivity contribution in [2.24, 2.45) is 0 Å². The Kier molecular flexibility index (Phi) is 7.17. The molecule has 1 N–H and O–H groups in total. The summed E-state index contributed by atoms with van der Waals surface area (Å²) in [5.74, 6) is 0.422. The molecule has 0 fully saturated rings. The Morgan fingerprint density at radius 1 is 1.23 bits per heavy atom. The predicted octanol–water partition coefficient (Wildman–Crippen LogP) is 4.88. The molecule has 2 nitrogen and oxygen atoms in total. The molecule has 0 aliphatic heterocycles. The second-order valence-electron chi connectivity index (χ2n) is 7.40. The van der Waals surface area contributed by atoms with Crippen LogP contribution in [0, 0.1) is 6.92 Å². The zero-order valence-corrected chi connectivity index (χ0v) is 15.9. The van der Waals surface area contributed by atoms with E-state index in [4.69, 9.17) is 0 Å². The van der Waals surface area contributed by atoms with Crippen molar-refractivity contribution in [2.75, 3.05) is 0 Å². The highest BCUT2D eigenvalue weighted by molar-refractivity contribution is 7.90. The number of benzene rings is 1. The minimum absolute atomic E-state index is 0.126. The number of aryl methyl sites for hydroxylation is 1. The van der Waals surface area contributed by atoms with Gasteiger partial charge in [-0.2, -0.15) is 0 Å². The molecule has 0 saturated heterocycles. The quantitative estimate of drug-likeness (QED) is 0.599. The second-order valence-corrected chi connectivity index (χ2v) is 9.39. The normalized spacial score (nSPS) is 16.0. The molecular weight excluding hydrogens is 290 g/mol. The Balaban J connectivity index is 2.80. The molecule has 0 aliphatic rings. The molecule has 1 rings (SSSR count). The highest BCUT2D eigenvalue weighted by Crippen LogP contribution is 2.23. The molecule has 1 aromatic rings. The molecular formula is C19H31NOS. The lowest BCUT2D eigenvalue weighted by Crippen LogP contribution is -2.44. The SMILES string of the molecule is CC(C)=C[C@@H](C[C@H](C)c1ccc(C)cc1)N[S@@+]([O-])C(C)(C)C. The average Bonchev–Trinajstić information content (AvgIpc) is 2.37. The fourth-order valence-electron chi connectivity index (χ4n) is 2.28. The highest BCUT2D eigenvalue weighted by atomic mass is 32.2. The molecule has 1 aromatic carbocycles.